The van der Waals surface area contributed by atoms with Gasteiger partial charge in [0.2, 0.25) is 0 Å². The predicted molar refractivity (Wildman–Crippen MR) is 67.4 cm³/mol. The molecule has 1 aromatic rings. The molecule has 0 saturated carbocycles. The molecule has 0 heterocycles. The molecule has 0 fully saturated rings. The Labute approximate surface area is 117 Å². The normalized spacial score (nSPS) is 10.9. The Bertz CT molecular complexity index is 659. The number of methoxy groups -OCH3 is 1. The van der Waals surface area contributed by atoms with Crippen molar-refractivity contribution in [1.82, 2.24) is 0 Å². The van der Waals surface area contributed by atoms with Gasteiger partial charge in [0, 0.05) is 16.7 Å². The maximum absolute atomic E-state index is 11.4. The van der Waals surface area contributed by atoms with Gasteiger partial charge in [0.25, 0.3) is 20.6 Å². The summed E-state index contributed by atoms with van der Waals surface area (Å²) in [5.74, 6) is -1.54. The SMILES string of the molecule is COc1c(OCC(N)=O)cc([N+](=O)[O-])cc1S(=O)(=O)Cl. The number of carbonyl (C=O) groups excluding carboxylic acids is 1. The van der Waals surface area contributed by atoms with E-state index in [0.717, 1.165) is 19.2 Å². The average Bonchev–Trinajstić information content (AvgIpc) is 2.33. The molecule has 1 aromatic carbocycles. The average molecular weight is 325 g/mol. The van der Waals surface area contributed by atoms with Gasteiger partial charge in [-0.15, -0.1) is 0 Å². The molecule has 110 valence electrons. The number of amides is 1. The summed E-state index contributed by atoms with van der Waals surface area (Å²) in [4.78, 5) is 19.9. The molecule has 0 aliphatic heterocycles. The predicted octanol–water partition coefficient (Wildman–Crippen LogP) is 0.395. The Morgan fingerprint density at radius 1 is 1.50 bits per heavy atom. The van der Waals surface area contributed by atoms with Gasteiger partial charge >= 0.3 is 0 Å². The van der Waals surface area contributed by atoms with Crippen molar-refractivity contribution in [2.45, 2.75) is 4.90 Å². The van der Waals surface area contributed by atoms with Crippen molar-refractivity contribution in [3.63, 3.8) is 0 Å². The van der Waals surface area contributed by atoms with Crippen LogP contribution in [0.25, 0.3) is 0 Å². The van der Waals surface area contributed by atoms with Gasteiger partial charge in [-0.3, -0.25) is 14.9 Å². The van der Waals surface area contributed by atoms with Crippen LogP contribution in [0, 0.1) is 10.1 Å². The van der Waals surface area contributed by atoms with Crippen molar-refractivity contribution in [3.05, 3.63) is 22.2 Å². The number of rotatable bonds is 6. The van der Waals surface area contributed by atoms with E-state index in [4.69, 9.17) is 25.9 Å². The van der Waals surface area contributed by atoms with Crippen molar-refractivity contribution in [1.29, 1.82) is 0 Å². The first-order valence-corrected chi connectivity index (χ1v) is 7.20. The summed E-state index contributed by atoms with van der Waals surface area (Å²) in [6, 6.07) is 1.62. The van der Waals surface area contributed by atoms with Crippen molar-refractivity contribution in [3.8, 4) is 11.5 Å². The third-order valence-corrected chi connectivity index (χ3v) is 3.38. The van der Waals surface area contributed by atoms with Crippen molar-refractivity contribution in [2.24, 2.45) is 5.73 Å². The van der Waals surface area contributed by atoms with Crippen LogP contribution in [0.3, 0.4) is 0 Å². The lowest BCUT2D eigenvalue weighted by atomic mass is 10.3. The van der Waals surface area contributed by atoms with Crippen LogP contribution in [-0.2, 0) is 13.8 Å². The number of benzene rings is 1. The van der Waals surface area contributed by atoms with E-state index in [1.54, 1.807) is 0 Å². The standard InChI is InChI=1S/C9H9ClN2O7S/c1-18-9-6(19-4-8(11)13)2-5(12(14)15)3-7(9)20(10,16)17/h2-3H,4H2,1H3,(H2,11,13). The lowest BCUT2D eigenvalue weighted by molar-refractivity contribution is -0.385. The van der Waals surface area contributed by atoms with Crippen molar-refractivity contribution in [2.75, 3.05) is 13.7 Å². The smallest absolute Gasteiger partial charge is 0.274 e. The van der Waals surface area contributed by atoms with Gasteiger partial charge < -0.3 is 15.2 Å². The maximum atomic E-state index is 11.4. The van der Waals surface area contributed by atoms with Gasteiger partial charge in [0.15, 0.2) is 18.1 Å². The Morgan fingerprint density at radius 3 is 2.50 bits per heavy atom. The Balaban J connectivity index is 3.51. The molecule has 0 atom stereocenters. The van der Waals surface area contributed by atoms with Crippen LogP contribution in [0.1, 0.15) is 0 Å². The number of nitro groups is 1. The van der Waals surface area contributed by atoms with Gasteiger partial charge in [-0.1, -0.05) is 0 Å². The summed E-state index contributed by atoms with van der Waals surface area (Å²) in [7, 11) is 1.98. The molecule has 0 aliphatic rings. The van der Waals surface area contributed by atoms with Crippen LogP contribution in [0.5, 0.6) is 11.5 Å². The molecule has 0 bridgehead atoms. The second kappa shape index (κ2) is 5.92. The highest BCUT2D eigenvalue weighted by molar-refractivity contribution is 8.13. The zero-order chi connectivity index (χ0) is 15.5. The molecule has 11 heteroatoms. The van der Waals surface area contributed by atoms with Crippen LogP contribution < -0.4 is 15.2 Å². The van der Waals surface area contributed by atoms with E-state index in [-0.39, 0.29) is 11.5 Å². The zero-order valence-electron chi connectivity index (χ0n) is 10.0. The van der Waals surface area contributed by atoms with Crippen LogP contribution in [0.15, 0.2) is 17.0 Å². The number of non-ortho nitro benzene ring substituents is 1. The topological polar surface area (TPSA) is 139 Å². The molecular formula is C9H9ClN2O7S. The quantitative estimate of drug-likeness (QED) is 0.453. The number of ether oxygens (including phenoxy) is 2. The van der Waals surface area contributed by atoms with Gasteiger partial charge in [-0.05, 0) is 0 Å². The summed E-state index contributed by atoms with van der Waals surface area (Å²) >= 11 is 0. The number of nitro benzene ring substituents is 1. The second-order valence-corrected chi connectivity index (χ2v) is 5.96. The van der Waals surface area contributed by atoms with Gasteiger partial charge in [-0.25, -0.2) is 8.42 Å². The van der Waals surface area contributed by atoms with E-state index >= 15 is 0 Å². The fourth-order valence-corrected chi connectivity index (χ4v) is 2.32. The maximum Gasteiger partial charge on any atom is 0.274 e. The minimum absolute atomic E-state index is 0.334. The molecule has 0 aliphatic carbocycles. The molecule has 0 spiro atoms. The van der Waals surface area contributed by atoms with E-state index in [0.29, 0.717) is 0 Å². The molecule has 20 heavy (non-hydrogen) atoms. The summed E-state index contributed by atoms with van der Waals surface area (Å²) in [6.07, 6.45) is 0. The number of halogens is 1. The molecule has 0 unspecified atom stereocenters. The second-order valence-electron chi connectivity index (χ2n) is 3.43. The van der Waals surface area contributed by atoms with Gasteiger partial charge in [0.1, 0.15) is 4.90 Å². The molecule has 2 N–H and O–H groups in total. The van der Waals surface area contributed by atoms with Gasteiger partial charge in [-0.2, -0.15) is 0 Å². The zero-order valence-corrected chi connectivity index (χ0v) is 11.6. The van der Waals surface area contributed by atoms with Gasteiger partial charge in [0.05, 0.1) is 18.1 Å². The number of nitrogens with two attached hydrogens (primary N) is 1. The van der Waals surface area contributed by atoms with E-state index in [1.807, 2.05) is 0 Å². The number of hydrogen-bond acceptors (Lipinski definition) is 7. The Hall–Kier alpha value is -2.07. The minimum atomic E-state index is -4.32. The number of hydrogen-bond donors (Lipinski definition) is 1. The molecular weight excluding hydrogens is 316 g/mol. The third kappa shape index (κ3) is 3.71. The van der Waals surface area contributed by atoms with Crippen LogP contribution in [0.4, 0.5) is 5.69 Å². The van der Waals surface area contributed by atoms with E-state index in [9.17, 15) is 23.3 Å². The summed E-state index contributed by atoms with van der Waals surface area (Å²) in [5, 5.41) is 10.7. The molecule has 0 radical (unpaired) electrons. The first-order valence-electron chi connectivity index (χ1n) is 4.89. The van der Waals surface area contributed by atoms with E-state index in [1.165, 1.54) is 0 Å². The molecule has 1 rings (SSSR count). The fourth-order valence-electron chi connectivity index (χ4n) is 1.31. The monoisotopic (exact) mass is 324 g/mol. The number of carbonyl (C=O) groups is 1. The van der Waals surface area contributed by atoms with E-state index in [2.05, 4.69) is 0 Å². The molecule has 1 amide bonds. The summed E-state index contributed by atoms with van der Waals surface area (Å²) in [6.45, 7) is -0.612. The largest absolute Gasteiger partial charge is 0.492 e. The summed E-state index contributed by atoms with van der Waals surface area (Å²) in [5.41, 5.74) is 4.28. The third-order valence-electron chi connectivity index (χ3n) is 2.05. The Morgan fingerprint density at radius 2 is 2.10 bits per heavy atom. The number of primary amides is 1. The highest BCUT2D eigenvalue weighted by Gasteiger charge is 2.26. The molecule has 0 aromatic heterocycles. The number of nitrogens with zero attached hydrogens (tertiary/aromatic N) is 1. The lowest BCUT2D eigenvalue weighted by Crippen LogP contribution is -2.20. The highest BCUT2D eigenvalue weighted by Crippen LogP contribution is 2.39. The van der Waals surface area contributed by atoms with Crippen molar-refractivity contribution >= 4 is 31.3 Å². The van der Waals surface area contributed by atoms with Crippen LogP contribution in [-0.4, -0.2) is 33.0 Å². The van der Waals surface area contributed by atoms with Crippen LogP contribution >= 0.6 is 10.7 Å². The van der Waals surface area contributed by atoms with E-state index < -0.39 is 37.1 Å². The minimum Gasteiger partial charge on any atom is -0.492 e. The first-order chi connectivity index (χ1) is 9.16. The summed E-state index contributed by atoms with van der Waals surface area (Å²) < 4.78 is 32.5. The Kier molecular flexibility index (Phi) is 4.73. The highest BCUT2D eigenvalue weighted by atomic mass is 35.7. The first kappa shape index (κ1) is 16.0. The lowest BCUT2D eigenvalue weighted by Gasteiger charge is -2.12. The van der Waals surface area contributed by atoms with Crippen LogP contribution in [0.2, 0.25) is 0 Å². The molecule has 9 nitrogen and oxygen atoms in total. The molecule has 0 saturated heterocycles. The fraction of sp³-hybridized carbons (Fsp3) is 0.222. The van der Waals surface area contributed by atoms with Crippen molar-refractivity contribution < 1.29 is 27.6 Å².